The van der Waals surface area contributed by atoms with Gasteiger partial charge in [0.15, 0.2) is 0 Å². The van der Waals surface area contributed by atoms with E-state index in [1.165, 1.54) is 4.90 Å². The van der Waals surface area contributed by atoms with Crippen molar-refractivity contribution in [2.24, 2.45) is 5.73 Å². The lowest BCUT2D eigenvalue weighted by Gasteiger charge is -2.15. The van der Waals surface area contributed by atoms with Crippen LogP contribution in [0.5, 0.6) is 0 Å². The molecule has 0 rings (SSSR count). The normalized spacial score (nSPS) is 11.1. The van der Waals surface area contributed by atoms with Gasteiger partial charge in [-0.25, -0.2) is 14.4 Å². The van der Waals surface area contributed by atoms with Gasteiger partial charge in [-0.1, -0.05) is 0 Å². The fourth-order valence-corrected chi connectivity index (χ4v) is 1.26. The second-order valence-electron chi connectivity index (χ2n) is 4.42. The summed E-state index contributed by atoms with van der Waals surface area (Å²) in [4.78, 5) is 45.4. The zero-order chi connectivity index (χ0) is 16.4. The van der Waals surface area contributed by atoms with E-state index in [1.54, 1.807) is 14.1 Å². The van der Waals surface area contributed by atoms with Crippen molar-refractivity contribution in [2.45, 2.75) is 18.9 Å². The molecule has 120 valence electrons. The Morgan fingerprint density at radius 3 is 2.19 bits per heavy atom. The number of primary amides is 1. The molecule has 6 N–H and O–H groups in total. The number of aliphatic carboxylic acids is 1. The molecule has 10 nitrogen and oxygen atoms in total. The zero-order valence-electron chi connectivity index (χ0n) is 12.0. The molecule has 0 aliphatic rings. The first-order chi connectivity index (χ1) is 9.73. The zero-order valence-corrected chi connectivity index (χ0v) is 12.0. The first-order valence-corrected chi connectivity index (χ1v) is 6.24. The van der Waals surface area contributed by atoms with E-state index in [0.717, 1.165) is 0 Å². The highest BCUT2D eigenvalue weighted by Gasteiger charge is 2.20. The number of carboxylic acids is 1. The fourth-order valence-electron chi connectivity index (χ4n) is 1.26. The summed E-state index contributed by atoms with van der Waals surface area (Å²) < 4.78 is 0. The highest BCUT2D eigenvalue weighted by molar-refractivity contribution is 5.83. The van der Waals surface area contributed by atoms with Gasteiger partial charge in [0.25, 0.3) is 0 Å². The topological polar surface area (TPSA) is 154 Å². The fraction of sp³-hybridized carbons (Fsp3) is 0.636. The van der Waals surface area contributed by atoms with Crippen LogP contribution >= 0.6 is 0 Å². The summed E-state index contributed by atoms with van der Waals surface area (Å²) in [6.45, 7) is 0.330. The molecule has 1 unspecified atom stereocenters. The number of urea groups is 2. The van der Waals surface area contributed by atoms with Gasteiger partial charge in [-0.3, -0.25) is 4.79 Å². The van der Waals surface area contributed by atoms with Crippen molar-refractivity contribution in [2.75, 3.05) is 27.2 Å². The van der Waals surface area contributed by atoms with Crippen LogP contribution in [0.3, 0.4) is 0 Å². The lowest BCUT2D eigenvalue weighted by molar-refractivity contribution is -0.139. The minimum absolute atomic E-state index is 0.0878. The Bertz CT molecular complexity index is 398. The number of hydrogen-bond donors (Lipinski definition) is 5. The van der Waals surface area contributed by atoms with Gasteiger partial charge in [0, 0.05) is 33.6 Å². The van der Waals surface area contributed by atoms with Crippen LogP contribution in [-0.4, -0.2) is 67.2 Å². The number of nitrogens with two attached hydrogens (primary N) is 1. The average Bonchev–Trinajstić information content (AvgIpc) is 2.38. The van der Waals surface area contributed by atoms with E-state index in [4.69, 9.17) is 10.8 Å². The Morgan fingerprint density at radius 1 is 1.14 bits per heavy atom. The summed E-state index contributed by atoms with van der Waals surface area (Å²) in [7, 11) is 3.15. The molecule has 0 aliphatic heterocycles. The van der Waals surface area contributed by atoms with E-state index in [-0.39, 0.29) is 32.0 Å². The monoisotopic (exact) mass is 303 g/mol. The van der Waals surface area contributed by atoms with Crippen LogP contribution in [0.15, 0.2) is 0 Å². The molecule has 0 aromatic heterocycles. The Hall–Kier alpha value is -2.52. The van der Waals surface area contributed by atoms with Crippen LogP contribution in [0.2, 0.25) is 0 Å². The van der Waals surface area contributed by atoms with Gasteiger partial charge < -0.3 is 31.7 Å². The molecule has 0 aliphatic carbocycles. The molecule has 1 atom stereocenters. The number of carbonyl (C=O) groups is 4. The van der Waals surface area contributed by atoms with Gasteiger partial charge in [0.2, 0.25) is 5.91 Å². The van der Waals surface area contributed by atoms with Gasteiger partial charge in [-0.05, 0) is 6.42 Å². The summed E-state index contributed by atoms with van der Waals surface area (Å²) in [5, 5.41) is 16.0. The minimum atomic E-state index is -1.26. The van der Waals surface area contributed by atoms with E-state index in [0.29, 0.717) is 0 Å². The molecule has 10 heteroatoms. The number of rotatable bonds is 8. The van der Waals surface area contributed by atoms with Crippen LogP contribution in [0.4, 0.5) is 9.59 Å². The van der Waals surface area contributed by atoms with Crippen LogP contribution in [0.25, 0.3) is 0 Å². The molecule has 0 spiro atoms. The van der Waals surface area contributed by atoms with Crippen molar-refractivity contribution < 1.29 is 24.3 Å². The average molecular weight is 303 g/mol. The van der Waals surface area contributed by atoms with E-state index in [1.807, 2.05) is 0 Å². The first kappa shape index (κ1) is 18.5. The predicted molar refractivity (Wildman–Crippen MR) is 73.5 cm³/mol. The standard InChI is InChI=1S/C11H21N5O5/c1-16(2)11(21)14-6-5-13-10(20)15-7(9(18)19)3-4-8(12)17/h7H,3-6H2,1-2H3,(H2,12,17)(H,14,21)(H,18,19)(H2,13,15,20). The molecule has 0 saturated carbocycles. The number of carboxylic acid groups (broad SMARTS) is 1. The Morgan fingerprint density at radius 2 is 1.71 bits per heavy atom. The molecule has 0 aromatic rings. The quantitative estimate of drug-likeness (QED) is 0.337. The summed E-state index contributed by atoms with van der Waals surface area (Å²) in [6, 6.07) is -2.21. The van der Waals surface area contributed by atoms with Gasteiger partial charge in [-0.2, -0.15) is 0 Å². The summed E-state index contributed by atoms with van der Waals surface area (Å²) in [5.74, 6) is -1.90. The number of nitrogens with zero attached hydrogens (tertiary/aromatic N) is 1. The maximum Gasteiger partial charge on any atom is 0.326 e. The third kappa shape index (κ3) is 9.08. The highest BCUT2D eigenvalue weighted by atomic mass is 16.4. The highest BCUT2D eigenvalue weighted by Crippen LogP contribution is 1.97. The van der Waals surface area contributed by atoms with E-state index in [2.05, 4.69) is 16.0 Å². The largest absolute Gasteiger partial charge is 0.480 e. The number of hydrogen-bond acceptors (Lipinski definition) is 4. The van der Waals surface area contributed by atoms with Crippen molar-refractivity contribution in [3.8, 4) is 0 Å². The maximum atomic E-state index is 11.5. The third-order valence-corrected chi connectivity index (χ3v) is 2.38. The SMILES string of the molecule is CN(C)C(=O)NCCNC(=O)NC(CCC(N)=O)C(=O)O. The summed E-state index contributed by atoms with van der Waals surface area (Å²) in [6.07, 6.45) is -0.231. The lowest BCUT2D eigenvalue weighted by atomic mass is 10.1. The predicted octanol–water partition coefficient (Wildman–Crippen LogP) is -1.72. The Labute approximate surface area is 122 Å². The third-order valence-electron chi connectivity index (χ3n) is 2.38. The van der Waals surface area contributed by atoms with Gasteiger partial charge >= 0.3 is 18.0 Å². The van der Waals surface area contributed by atoms with E-state index in [9.17, 15) is 19.2 Å². The summed E-state index contributed by atoms with van der Waals surface area (Å²) in [5.41, 5.74) is 4.92. The van der Waals surface area contributed by atoms with Crippen molar-refractivity contribution in [3.63, 3.8) is 0 Å². The second kappa shape index (κ2) is 9.39. The molecule has 0 bridgehead atoms. The Balaban J connectivity index is 4.01. The molecule has 21 heavy (non-hydrogen) atoms. The van der Waals surface area contributed by atoms with Crippen LogP contribution in [0.1, 0.15) is 12.8 Å². The van der Waals surface area contributed by atoms with Crippen molar-refractivity contribution in [1.82, 2.24) is 20.9 Å². The van der Waals surface area contributed by atoms with E-state index < -0.39 is 23.9 Å². The van der Waals surface area contributed by atoms with Crippen molar-refractivity contribution >= 4 is 23.9 Å². The van der Waals surface area contributed by atoms with Gasteiger partial charge in [0.1, 0.15) is 6.04 Å². The lowest BCUT2D eigenvalue weighted by Crippen LogP contribution is -2.48. The van der Waals surface area contributed by atoms with Crippen molar-refractivity contribution in [3.05, 3.63) is 0 Å². The number of carbonyl (C=O) groups excluding carboxylic acids is 3. The molecule has 0 radical (unpaired) electrons. The second-order valence-corrected chi connectivity index (χ2v) is 4.42. The molecular formula is C11H21N5O5. The molecule has 5 amide bonds. The maximum absolute atomic E-state index is 11.5. The molecule has 0 fully saturated rings. The number of nitrogens with one attached hydrogen (secondary N) is 3. The smallest absolute Gasteiger partial charge is 0.326 e. The van der Waals surface area contributed by atoms with E-state index >= 15 is 0 Å². The van der Waals surface area contributed by atoms with Gasteiger partial charge in [-0.15, -0.1) is 0 Å². The van der Waals surface area contributed by atoms with Crippen LogP contribution < -0.4 is 21.7 Å². The Kier molecular flexibility index (Phi) is 8.27. The van der Waals surface area contributed by atoms with Gasteiger partial charge in [0.05, 0.1) is 0 Å². The minimum Gasteiger partial charge on any atom is -0.480 e. The number of amides is 5. The first-order valence-electron chi connectivity index (χ1n) is 6.24. The molecule has 0 aromatic carbocycles. The summed E-state index contributed by atoms with van der Waals surface area (Å²) >= 11 is 0. The van der Waals surface area contributed by atoms with Crippen LogP contribution in [-0.2, 0) is 9.59 Å². The molecule has 0 heterocycles. The van der Waals surface area contributed by atoms with Crippen molar-refractivity contribution in [1.29, 1.82) is 0 Å². The van der Waals surface area contributed by atoms with Crippen LogP contribution in [0, 0.1) is 0 Å². The molecular weight excluding hydrogens is 282 g/mol. The molecule has 0 saturated heterocycles.